The van der Waals surface area contributed by atoms with E-state index in [1.807, 2.05) is 0 Å². The molecule has 0 aliphatic heterocycles. The summed E-state index contributed by atoms with van der Waals surface area (Å²) in [6.45, 7) is 5.03. The van der Waals surface area contributed by atoms with E-state index in [4.69, 9.17) is 4.52 Å². The average Bonchev–Trinajstić information content (AvgIpc) is 2.78. The Morgan fingerprint density at radius 2 is 2.06 bits per heavy atom. The van der Waals surface area contributed by atoms with E-state index in [0.717, 1.165) is 12.1 Å². The molecule has 18 heavy (non-hydrogen) atoms. The molecule has 2 aromatic rings. The molecule has 96 valence electrons. The highest BCUT2D eigenvalue weighted by Crippen LogP contribution is 2.17. The van der Waals surface area contributed by atoms with Gasteiger partial charge in [0, 0.05) is 18.0 Å². The molecular weight excluding hydrogens is 233 g/mol. The molecule has 1 aromatic heterocycles. The minimum absolute atomic E-state index is 0.278. The Hall–Kier alpha value is -1.75. The fourth-order valence-corrected chi connectivity index (χ4v) is 1.74. The maximum atomic E-state index is 12.8. The van der Waals surface area contributed by atoms with Gasteiger partial charge in [-0.25, -0.2) is 4.39 Å². The molecule has 0 radical (unpaired) electrons. The van der Waals surface area contributed by atoms with Crippen LogP contribution in [0.25, 0.3) is 11.5 Å². The summed E-state index contributed by atoms with van der Waals surface area (Å²) < 4.78 is 17.9. The second-order valence-electron chi connectivity index (χ2n) is 4.19. The molecule has 2 rings (SSSR count). The monoisotopic (exact) mass is 249 g/mol. The number of aromatic nitrogens is 2. The van der Waals surface area contributed by atoms with Crippen molar-refractivity contribution in [1.29, 1.82) is 0 Å². The molecule has 0 amide bonds. The van der Waals surface area contributed by atoms with Gasteiger partial charge in [-0.05, 0) is 37.7 Å². The fraction of sp³-hybridized carbons (Fsp3) is 0.385. The zero-order valence-electron chi connectivity index (χ0n) is 10.5. The highest BCUT2D eigenvalue weighted by Gasteiger charge is 2.11. The molecule has 0 spiro atoms. The Morgan fingerprint density at radius 3 is 2.72 bits per heavy atom. The van der Waals surface area contributed by atoms with Gasteiger partial charge in [-0.2, -0.15) is 4.98 Å². The van der Waals surface area contributed by atoms with Crippen LogP contribution in [0, 0.1) is 5.82 Å². The number of likely N-dealkylation sites (N-methyl/N-ethyl adjacent to an activating group) is 1. The van der Waals surface area contributed by atoms with E-state index in [1.165, 1.54) is 12.1 Å². The first-order chi connectivity index (χ1) is 8.69. The van der Waals surface area contributed by atoms with Crippen molar-refractivity contribution in [2.75, 3.05) is 6.54 Å². The van der Waals surface area contributed by atoms with Crippen molar-refractivity contribution in [2.45, 2.75) is 26.3 Å². The van der Waals surface area contributed by atoms with Crippen molar-refractivity contribution in [3.8, 4) is 11.5 Å². The predicted octanol–water partition coefficient (Wildman–Crippen LogP) is 2.42. The predicted molar refractivity (Wildman–Crippen MR) is 66.5 cm³/mol. The number of halogens is 1. The van der Waals surface area contributed by atoms with Gasteiger partial charge in [-0.15, -0.1) is 0 Å². The zero-order valence-corrected chi connectivity index (χ0v) is 10.5. The summed E-state index contributed by atoms with van der Waals surface area (Å²) in [7, 11) is 0. The SMILES string of the molecule is CCNC(C)Cc1noc(-c2ccc(F)cc2)n1. The van der Waals surface area contributed by atoms with Gasteiger partial charge in [0.05, 0.1) is 0 Å². The van der Waals surface area contributed by atoms with Gasteiger partial charge in [0.1, 0.15) is 5.82 Å². The third-order valence-electron chi connectivity index (χ3n) is 2.60. The fourth-order valence-electron chi connectivity index (χ4n) is 1.74. The molecule has 1 unspecified atom stereocenters. The lowest BCUT2D eigenvalue weighted by atomic mass is 10.2. The van der Waals surface area contributed by atoms with Crippen LogP contribution in [0.1, 0.15) is 19.7 Å². The lowest BCUT2D eigenvalue weighted by Crippen LogP contribution is -2.27. The molecule has 1 aromatic carbocycles. The second-order valence-corrected chi connectivity index (χ2v) is 4.19. The molecule has 1 atom stereocenters. The van der Waals surface area contributed by atoms with Gasteiger partial charge in [0.15, 0.2) is 5.82 Å². The highest BCUT2D eigenvalue weighted by atomic mass is 19.1. The van der Waals surface area contributed by atoms with Gasteiger partial charge >= 0.3 is 0 Å². The number of benzene rings is 1. The Labute approximate surface area is 105 Å². The summed E-state index contributed by atoms with van der Waals surface area (Å²) in [5.41, 5.74) is 0.728. The first kappa shape index (κ1) is 12.7. The Kier molecular flexibility index (Phi) is 4.04. The first-order valence-electron chi connectivity index (χ1n) is 6.01. The van der Waals surface area contributed by atoms with Crippen molar-refractivity contribution in [2.24, 2.45) is 0 Å². The minimum Gasteiger partial charge on any atom is -0.334 e. The Morgan fingerprint density at radius 1 is 1.33 bits per heavy atom. The van der Waals surface area contributed by atoms with E-state index in [2.05, 4.69) is 29.3 Å². The quantitative estimate of drug-likeness (QED) is 0.884. The van der Waals surface area contributed by atoms with E-state index in [1.54, 1.807) is 12.1 Å². The van der Waals surface area contributed by atoms with Crippen LogP contribution in [0.4, 0.5) is 4.39 Å². The van der Waals surface area contributed by atoms with Crippen LogP contribution in [0.2, 0.25) is 0 Å². The van der Waals surface area contributed by atoms with E-state index in [-0.39, 0.29) is 5.82 Å². The van der Waals surface area contributed by atoms with E-state index in [0.29, 0.717) is 24.2 Å². The summed E-state index contributed by atoms with van der Waals surface area (Å²) in [4.78, 5) is 4.29. The number of hydrogen-bond acceptors (Lipinski definition) is 4. The van der Waals surface area contributed by atoms with Crippen LogP contribution in [0.5, 0.6) is 0 Å². The molecular formula is C13H16FN3O. The zero-order chi connectivity index (χ0) is 13.0. The van der Waals surface area contributed by atoms with Crippen molar-refractivity contribution in [3.63, 3.8) is 0 Å². The number of nitrogens with zero attached hydrogens (tertiary/aromatic N) is 2. The standard InChI is InChI=1S/C13H16FN3O/c1-3-15-9(2)8-12-16-13(18-17-12)10-4-6-11(14)7-5-10/h4-7,9,15H,3,8H2,1-2H3. The van der Waals surface area contributed by atoms with Crippen LogP contribution in [-0.2, 0) is 6.42 Å². The average molecular weight is 249 g/mol. The molecule has 0 aliphatic rings. The molecule has 0 bridgehead atoms. The summed E-state index contributed by atoms with van der Waals surface area (Å²) in [6.07, 6.45) is 0.707. The first-order valence-corrected chi connectivity index (χ1v) is 6.01. The smallest absolute Gasteiger partial charge is 0.257 e. The van der Waals surface area contributed by atoms with Crippen LogP contribution in [0.15, 0.2) is 28.8 Å². The maximum absolute atomic E-state index is 12.8. The Balaban J connectivity index is 2.08. The van der Waals surface area contributed by atoms with Crippen LogP contribution < -0.4 is 5.32 Å². The van der Waals surface area contributed by atoms with Gasteiger partial charge in [0.2, 0.25) is 0 Å². The molecule has 0 aliphatic carbocycles. The van der Waals surface area contributed by atoms with Crippen LogP contribution in [-0.4, -0.2) is 22.7 Å². The number of nitrogens with one attached hydrogen (secondary N) is 1. The molecule has 1 N–H and O–H groups in total. The van der Waals surface area contributed by atoms with Gasteiger partial charge < -0.3 is 9.84 Å². The lowest BCUT2D eigenvalue weighted by molar-refractivity contribution is 0.417. The van der Waals surface area contributed by atoms with Crippen molar-refractivity contribution in [3.05, 3.63) is 35.9 Å². The van der Waals surface area contributed by atoms with Gasteiger partial charge in [-0.1, -0.05) is 12.1 Å². The third kappa shape index (κ3) is 3.13. The second kappa shape index (κ2) is 5.73. The number of rotatable bonds is 5. The summed E-state index contributed by atoms with van der Waals surface area (Å²) in [5.74, 6) is 0.802. The number of hydrogen-bond donors (Lipinski definition) is 1. The van der Waals surface area contributed by atoms with Crippen molar-refractivity contribution >= 4 is 0 Å². The maximum Gasteiger partial charge on any atom is 0.257 e. The Bertz CT molecular complexity index is 495. The minimum atomic E-state index is -0.278. The summed E-state index contributed by atoms with van der Waals surface area (Å²) >= 11 is 0. The van der Waals surface area contributed by atoms with Gasteiger partial charge in [0.25, 0.3) is 5.89 Å². The lowest BCUT2D eigenvalue weighted by Gasteiger charge is -2.08. The molecule has 5 heteroatoms. The normalized spacial score (nSPS) is 12.6. The molecule has 0 fully saturated rings. The molecule has 1 heterocycles. The highest BCUT2D eigenvalue weighted by molar-refractivity contribution is 5.52. The third-order valence-corrected chi connectivity index (χ3v) is 2.60. The van der Waals surface area contributed by atoms with Crippen LogP contribution >= 0.6 is 0 Å². The molecule has 0 saturated heterocycles. The molecule has 4 nitrogen and oxygen atoms in total. The van der Waals surface area contributed by atoms with E-state index < -0.39 is 0 Å². The summed E-state index contributed by atoms with van der Waals surface area (Å²) in [5, 5.41) is 7.20. The molecule has 0 saturated carbocycles. The summed E-state index contributed by atoms with van der Waals surface area (Å²) in [6, 6.07) is 6.30. The van der Waals surface area contributed by atoms with Crippen molar-refractivity contribution < 1.29 is 8.91 Å². The van der Waals surface area contributed by atoms with E-state index in [9.17, 15) is 4.39 Å². The van der Waals surface area contributed by atoms with E-state index >= 15 is 0 Å². The topological polar surface area (TPSA) is 51.0 Å². The largest absolute Gasteiger partial charge is 0.334 e. The van der Waals surface area contributed by atoms with Crippen LogP contribution in [0.3, 0.4) is 0 Å². The van der Waals surface area contributed by atoms with Gasteiger partial charge in [-0.3, -0.25) is 0 Å². The van der Waals surface area contributed by atoms with Crippen molar-refractivity contribution in [1.82, 2.24) is 15.5 Å².